The number of hydrogen-bond donors (Lipinski definition) is 2. The van der Waals surface area contributed by atoms with E-state index in [0.29, 0.717) is 24.3 Å². The lowest BCUT2D eigenvalue weighted by molar-refractivity contribution is -0.150. The van der Waals surface area contributed by atoms with Gasteiger partial charge in [0.05, 0.1) is 0 Å². The number of amides is 2. The normalized spacial score (nSPS) is 29.2. The van der Waals surface area contributed by atoms with Crippen molar-refractivity contribution in [2.24, 2.45) is 22.7 Å². The minimum atomic E-state index is -0.964. The third-order valence-electron chi connectivity index (χ3n) is 6.85. The number of ether oxygens (including phenoxy) is 1. The van der Waals surface area contributed by atoms with Crippen LogP contribution in [0, 0.1) is 22.7 Å². The monoisotopic (exact) mass is 408 g/mol. The molecule has 2 unspecified atom stereocenters. The Balaban J connectivity index is 1.74. The highest BCUT2D eigenvalue weighted by Crippen LogP contribution is 2.69. The van der Waals surface area contributed by atoms with Crippen LogP contribution in [0.15, 0.2) is 0 Å². The van der Waals surface area contributed by atoms with E-state index in [4.69, 9.17) is 4.74 Å². The van der Waals surface area contributed by atoms with Crippen LogP contribution in [0.25, 0.3) is 0 Å². The van der Waals surface area contributed by atoms with Gasteiger partial charge in [-0.05, 0) is 69.1 Å². The molecule has 0 radical (unpaired) electrons. The number of carbonyl (C=O) groups is 3. The van der Waals surface area contributed by atoms with E-state index in [2.05, 4.69) is 5.32 Å². The van der Waals surface area contributed by atoms with Crippen molar-refractivity contribution in [1.29, 1.82) is 0 Å². The summed E-state index contributed by atoms with van der Waals surface area (Å²) >= 11 is 0. The highest BCUT2D eigenvalue weighted by atomic mass is 16.6. The van der Waals surface area contributed by atoms with Crippen molar-refractivity contribution in [3.63, 3.8) is 0 Å². The fourth-order valence-electron chi connectivity index (χ4n) is 5.13. The third-order valence-corrected chi connectivity index (χ3v) is 6.85. The summed E-state index contributed by atoms with van der Waals surface area (Å²) in [5.41, 5.74) is -0.824. The molecule has 1 aliphatic heterocycles. The summed E-state index contributed by atoms with van der Waals surface area (Å²) in [5, 5.41) is 12.5. The molecule has 0 aromatic heterocycles. The molecule has 2 N–H and O–H groups in total. The zero-order valence-electron chi connectivity index (χ0n) is 18.6. The average Bonchev–Trinajstić information content (AvgIpc) is 3.13. The van der Waals surface area contributed by atoms with Crippen LogP contribution in [0.5, 0.6) is 0 Å². The molecule has 164 valence electrons. The molecule has 0 aromatic carbocycles. The molecule has 2 amide bonds. The predicted octanol–water partition coefficient (Wildman–Crippen LogP) is 3.42. The Morgan fingerprint density at radius 3 is 2.17 bits per heavy atom. The molecule has 3 rings (SSSR count). The number of aliphatic carboxylic acids is 1. The van der Waals surface area contributed by atoms with Gasteiger partial charge in [-0.25, -0.2) is 9.59 Å². The molecule has 1 heterocycles. The minimum Gasteiger partial charge on any atom is -0.480 e. The van der Waals surface area contributed by atoms with Crippen molar-refractivity contribution >= 4 is 18.0 Å². The third kappa shape index (κ3) is 4.53. The lowest BCUT2D eigenvalue weighted by Crippen LogP contribution is -2.57. The van der Waals surface area contributed by atoms with E-state index in [0.717, 1.165) is 0 Å². The Bertz CT molecular complexity index is 686. The largest absolute Gasteiger partial charge is 0.480 e. The SMILES string of the molecule is CC(C)(C)OC(=O)N[C@H](C(=O)N1CC(C2CC23CCC3)C[C@H]1C(=O)O)C(C)(C)C. The highest BCUT2D eigenvalue weighted by molar-refractivity contribution is 5.90. The molecular formula is C22H36N2O5. The Hall–Kier alpha value is -1.79. The molecule has 2 saturated carbocycles. The fraction of sp³-hybridized carbons (Fsp3) is 0.864. The van der Waals surface area contributed by atoms with Crippen LogP contribution < -0.4 is 5.32 Å². The van der Waals surface area contributed by atoms with Gasteiger partial charge in [0.2, 0.25) is 5.91 Å². The van der Waals surface area contributed by atoms with Crippen molar-refractivity contribution < 1.29 is 24.2 Å². The van der Waals surface area contributed by atoms with Crippen molar-refractivity contribution in [2.45, 2.75) is 91.3 Å². The number of hydrogen-bond acceptors (Lipinski definition) is 4. The summed E-state index contributed by atoms with van der Waals surface area (Å²) in [6.45, 7) is 11.3. The molecular weight excluding hydrogens is 372 g/mol. The molecule has 0 aromatic rings. The van der Waals surface area contributed by atoms with Gasteiger partial charge in [-0.1, -0.05) is 27.2 Å². The van der Waals surface area contributed by atoms with E-state index >= 15 is 0 Å². The van der Waals surface area contributed by atoms with E-state index in [1.165, 1.54) is 30.6 Å². The standard InChI is InChI=1S/C22H36N2O5/c1-20(2,3)16(23-19(28)29-21(4,5)6)17(25)24-12-13(10-15(24)18(26)27)14-11-22(14)8-7-9-22/h13-16H,7-12H2,1-6H3,(H,23,28)(H,26,27)/t13?,14?,15-,16+/m0/s1. The molecule has 3 fully saturated rings. The van der Waals surface area contributed by atoms with Crippen LogP contribution in [0.2, 0.25) is 0 Å². The first-order valence-corrected chi connectivity index (χ1v) is 10.8. The first-order chi connectivity index (χ1) is 13.2. The van der Waals surface area contributed by atoms with Gasteiger partial charge in [0.25, 0.3) is 0 Å². The molecule has 1 saturated heterocycles. The first kappa shape index (κ1) is 21.9. The van der Waals surface area contributed by atoms with Crippen LogP contribution in [0.1, 0.15) is 73.6 Å². The van der Waals surface area contributed by atoms with Crippen LogP contribution in [-0.2, 0) is 14.3 Å². The van der Waals surface area contributed by atoms with Gasteiger partial charge >= 0.3 is 12.1 Å². The van der Waals surface area contributed by atoms with Gasteiger partial charge < -0.3 is 20.1 Å². The zero-order valence-corrected chi connectivity index (χ0v) is 18.6. The average molecular weight is 409 g/mol. The van der Waals surface area contributed by atoms with E-state index in [-0.39, 0.29) is 11.8 Å². The van der Waals surface area contributed by atoms with Gasteiger partial charge in [0.15, 0.2) is 0 Å². The van der Waals surface area contributed by atoms with Gasteiger partial charge in [-0.15, -0.1) is 0 Å². The molecule has 2 aliphatic carbocycles. The number of nitrogens with zero attached hydrogens (tertiary/aromatic N) is 1. The first-order valence-electron chi connectivity index (χ1n) is 10.8. The lowest BCUT2D eigenvalue weighted by atomic mass is 9.77. The molecule has 1 spiro atoms. The number of carbonyl (C=O) groups excluding carboxylic acids is 2. The molecule has 7 nitrogen and oxygen atoms in total. The number of nitrogens with one attached hydrogen (secondary N) is 1. The van der Waals surface area contributed by atoms with Crippen molar-refractivity contribution in [3.05, 3.63) is 0 Å². The number of carboxylic acid groups (broad SMARTS) is 1. The van der Waals surface area contributed by atoms with Crippen molar-refractivity contribution in [3.8, 4) is 0 Å². The summed E-state index contributed by atoms with van der Waals surface area (Å²) in [4.78, 5) is 39.2. The van der Waals surface area contributed by atoms with E-state index in [9.17, 15) is 19.5 Å². The van der Waals surface area contributed by atoms with Gasteiger partial charge in [0, 0.05) is 6.54 Å². The second-order valence-electron chi connectivity index (χ2n) is 11.3. The summed E-state index contributed by atoms with van der Waals surface area (Å²) in [6.07, 6.45) is 4.76. The lowest BCUT2D eigenvalue weighted by Gasteiger charge is -2.35. The van der Waals surface area contributed by atoms with Crippen LogP contribution >= 0.6 is 0 Å². The summed E-state index contributed by atoms with van der Waals surface area (Å²) in [6, 6.07) is -1.68. The Morgan fingerprint density at radius 2 is 1.76 bits per heavy atom. The van der Waals surface area contributed by atoms with E-state index < -0.39 is 35.2 Å². The Labute approximate surface area is 173 Å². The maximum Gasteiger partial charge on any atom is 0.408 e. The Kier molecular flexibility index (Phi) is 5.41. The maximum atomic E-state index is 13.4. The van der Waals surface area contributed by atoms with Crippen molar-refractivity contribution in [1.82, 2.24) is 10.2 Å². The number of likely N-dealkylation sites (tertiary alicyclic amines) is 1. The quantitative estimate of drug-likeness (QED) is 0.743. The van der Waals surface area contributed by atoms with Crippen molar-refractivity contribution in [2.75, 3.05) is 6.54 Å². The molecule has 7 heteroatoms. The van der Waals surface area contributed by atoms with Crippen LogP contribution in [0.3, 0.4) is 0 Å². The van der Waals surface area contributed by atoms with Gasteiger partial charge in [-0.3, -0.25) is 4.79 Å². The topological polar surface area (TPSA) is 95.9 Å². The predicted molar refractivity (Wildman–Crippen MR) is 108 cm³/mol. The van der Waals surface area contributed by atoms with Crippen LogP contribution in [-0.4, -0.2) is 52.2 Å². The zero-order chi connectivity index (χ0) is 21.8. The highest BCUT2D eigenvalue weighted by Gasteiger charge is 2.62. The molecule has 4 atom stereocenters. The second kappa shape index (κ2) is 7.17. The molecule has 0 bridgehead atoms. The van der Waals surface area contributed by atoms with E-state index in [1.807, 2.05) is 20.8 Å². The number of carboxylic acids is 1. The maximum absolute atomic E-state index is 13.4. The summed E-state index contributed by atoms with van der Waals surface area (Å²) < 4.78 is 5.33. The molecule has 29 heavy (non-hydrogen) atoms. The Morgan fingerprint density at radius 1 is 1.14 bits per heavy atom. The number of rotatable bonds is 4. The summed E-state index contributed by atoms with van der Waals surface area (Å²) in [7, 11) is 0. The minimum absolute atomic E-state index is 0.238. The van der Waals surface area contributed by atoms with Gasteiger partial charge in [-0.2, -0.15) is 0 Å². The fourth-order valence-corrected chi connectivity index (χ4v) is 5.13. The molecule has 3 aliphatic rings. The van der Waals surface area contributed by atoms with E-state index in [1.54, 1.807) is 20.8 Å². The number of alkyl carbamates (subject to hydrolysis) is 1. The van der Waals surface area contributed by atoms with Crippen LogP contribution in [0.4, 0.5) is 4.79 Å². The summed E-state index contributed by atoms with van der Waals surface area (Å²) in [5.74, 6) is -0.513. The second-order valence-corrected chi connectivity index (χ2v) is 11.3. The van der Waals surface area contributed by atoms with Gasteiger partial charge in [0.1, 0.15) is 17.7 Å². The smallest absolute Gasteiger partial charge is 0.408 e.